The van der Waals surface area contributed by atoms with Crippen LogP contribution in [0.3, 0.4) is 0 Å². The van der Waals surface area contributed by atoms with Gasteiger partial charge in [-0.2, -0.15) is 0 Å². The van der Waals surface area contributed by atoms with Crippen molar-refractivity contribution in [1.29, 1.82) is 0 Å². The molecule has 7 nitrogen and oxygen atoms in total. The Balaban J connectivity index is 0.000000439. The predicted octanol–water partition coefficient (Wildman–Crippen LogP) is -0.00580. The van der Waals surface area contributed by atoms with Crippen molar-refractivity contribution in [3.63, 3.8) is 0 Å². The van der Waals surface area contributed by atoms with Crippen LogP contribution in [-0.2, 0) is 0 Å². The molecular weight excluding hydrogens is 419 g/mol. The van der Waals surface area contributed by atoms with Gasteiger partial charge in [-0.15, -0.1) is 0 Å². The Kier molecular flexibility index (Phi) is 8.97. The molecule has 2 rings (SSSR count). The van der Waals surface area contributed by atoms with Crippen molar-refractivity contribution >= 4 is 7.32 Å². The second-order valence-electron chi connectivity index (χ2n) is 4.87. The minimum atomic E-state index is -3.88. The lowest BCUT2D eigenvalue weighted by atomic mass is 10.0. The lowest BCUT2D eigenvalue weighted by Gasteiger charge is -2.23. The second kappa shape index (κ2) is 9.59. The van der Waals surface area contributed by atoms with Gasteiger partial charge in [-0.1, -0.05) is 0 Å². The Morgan fingerprint density at radius 1 is 0.679 bits per heavy atom. The average Bonchev–Trinajstić information content (AvgIpc) is 2.56. The summed E-state index contributed by atoms with van der Waals surface area (Å²) in [5, 5.41) is 55.3. The third-order valence-corrected chi connectivity index (χ3v) is 2.81. The molecule has 0 aromatic heterocycles. The lowest BCUT2D eigenvalue weighted by Crippen LogP contribution is -2.39. The lowest BCUT2D eigenvalue weighted by molar-refractivity contribution is -0.140. The third-order valence-electron chi connectivity index (χ3n) is 2.81. The maximum atomic E-state index is 12.5. The number of alkyl halides is 2. The van der Waals surface area contributed by atoms with E-state index in [1.165, 1.54) is 0 Å². The van der Waals surface area contributed by atoms with Crippen LogP contribution in [-0.4, -0.2) is 66.7 Å². The van der Waals surface area contributed by atoms with Crippen molar-refractivity contribution in [2.75, 3.05) is 0 Å². The molecule has 0 radical (unpaired) electrons. The fraction of sp³-hybridized carbons (Fsp3) is 0.333. The topological polar surface area (TPSA) is 142 Å². The molecule has 0 saturated heterocycles. The summed E-state index contributed by atoms with van der Waals surface area (Å²) >= 11 is 0. The highest BCUT2D eigenvalue weighted by atomic mass is 19.2. The Morgan fingerprint density at radius 2 is 0.893 bits per heavy atom. The highest BCUT2D eigenvalue weighted by Gasteiger charge is 2.47. The smallest absolute Gasteiger partial charge is 0.402 e. The summed E-state index contributed by atoms with van der Waals surface area (Å²) < 4.78 is 98.3. The van der Waals surface area contributed by atoms with E-state index in [-0.39, 0.29) is 12.2 Å². The molecule has 0 aromatic rings. The maximum absolute atomic E-state index is 12.5. The van der Waals surface area contributed by atoms with Crippen molar-refractivity contribution in [3.8, 4) is 0 Å². The highest BCUT2D eigenvalue weighted by Crippen LogP contribution is 2.37. The zero-order chi connectivity index (χ0) is 22.6. The SMILES string of the molecule is OB(O)O.OC1C=C(F)C(F)=C(F)C1(O)F.OC1C=C(F)C(F)=C(F)C1(O)F. The number of hydrogen-bond acceptors (Lipinski definition) is 7. The van der Waals surface area contributed by atoms with Crippen molar-refractivity contribution in [2.45, 2.75) is 23.9 Å². The van der Waals surface area contributed by atoms with E-state index in [1.807, 2.05) is 0 Å². The summed E-state index contributed by atoms with van der Waals surface area (Å²) in [6.45, 7) is 0. The van der Waals surface area contributed by atoms with Gasteiger partial charge in [-0.25, -0.2) is 35.1 Å². The Morgan fingerprint density at radius 3 is 1.11 bits per heavy atom. The molecule has 2 aliphatic carbocycles. The Hall–Kier alpha value is -1.82. The molecule has 0 heterocycles. The van der Waals surface area contributed by atoms with Gasteiger partial charge < -0.3 is 35.5 Å². The first-order valence-electron chi connectivity index (χ1n) is 6.57. The van der Waals surface area contributed by atoms with Gasteiger partial charge in [0.1, 0.15) is 12.2 Å². The van der Waals surface area contributed by atoms with E-state index in [9.17, 15) is 35.1 Å². The zero-order valence-electron chi connectivity index (χ0n) is 13.0. The summed E-state index contributed by atoms with van der Waals surface area (Å²) in [5.41, 5.74) is 0. The second-order valence-corrected chi connectivity index (χ2v) is 4.87. The van der Waals surface area contributed by atoms with E-state index in [1.54, 1.807) is 0 Å². The van der Waals surface area contributed by atoms with Crippen LogP contribution in [0.5, 0.6) is 0 Å². The van der Waals surface area contributed by atoms with Crippen LogP contribution in [0, 0.1) is 0 Å². The summed E-state index contributed by atoms with van der Waals surface area (Å²) in [4.78, 5) is 0. The van der Waals surface area contributed by atoms with Crippen LogP contribution in [0.15, 0.2) is 47.1 Å². The van der Waals surface area contributed by atoms with Crippen molar-refractivity contribution in [1.82, 2.24) is 0 Å². The fourth-order valence-electron chi connectivity index (χ4n) is 1.42. The maximum Gasteiger partial charge on any atom is 0.631 e. The number of hydrogen-bond donors (Lipinski definition) is 7. The van der Waals surface area contributed by atoms with Gasteiger partial charge in [0.15, 0.2) is 23.3 Å². The van der Waals surface area contributed by atoms with E-state index in [4.69, 9.17) is 35.5 Å². The molecule has 0 spiro atoms. The van der Waals surface area contributed by atoms with Gasteiger partial charge in [0.05, 0.1) is 0 Å². The molecule has 0 saturated carbocycles. The number of allylic oxidation sites excluding steroid dienone is 4. The number of halogens is 8. The van der Waals surface area contributed by atoms with Gasteiger partial charge >= 0.3 is 7.32 Å². The van der Waals surface area contributed by atoms with E-state index in [2.05, 4.69) is 0 Å². The van der Waals surface area contributed by atoms with Gasteiger partial charge in [-0.3, -0.25) is 0 Å². The van der Waals surface area contributed by atoms with E-state index in [0.717, 1.165) is 0 Å². The molecule has 0 fully saturated rings. The van der Waals surface area contributed by atoms with Gasteiger partial charge in [-0.05, 0) is 12.2 Å². The van der Waals surface area contributed by atoms with Crippen LogP contribution >= 0.6 is 0 Å². The first kappa shape index (κ1) is 26.2. The number of rotatable bonds is 0. The first-order valence-corrected chi connectivity index (χ1v) is 6.57. The van der Waals surface area contributed by atoms with E-state index >= 15 is 0 Å². The molecule has 28 heavy (non-hydrogen) atoms. The van der Waals surface area contributed by atoms with Gasteiger partial charge in [0, 0.05) is 0 Å². The Labute approximate surface area is 150 Å². The third kappa shape index (κ3) is 6.09. The van der Waals surface area contributed by atoms with Crippen LogP contribution in [0.1, 0.15) is 0 Å². The highest BCUT2D eigenvalue weighted by molar-refractivity contribution is 6.30. The predicted molar refractivity (Wildman–Crippen MR) is 73.4 cm³/mol. The summed E-state index contributed by atoms with van der Waals surface area (Å²) in [6, 6.07) is 0. The molecule has 0 amide bonds. The molecule has 0 bridgehead atoms. The molecule has 0 aromatic carbocycles. The average molecular weight is 430 g/mol. The molecule has 4 unspecified atom stereocenters. The molecule has 7 N–H and O–H groups in total. The van der Waals surface area contributed by atoms with Gasteiger partial charge in [0.2, 0.25) is 11.7 Å². The number of aliphatic hydroxyl groups is 4. The van der Waals surface area contributed by atoms with Crippen molar-refractivity contribution in [3.05, 3.63) is 47.1 Å². The molecular formula is C12H11BF8O7. The number of aliphatic hydroxyl groups excluding tert-OH is 2. The minimum Gasteiger partial charge on any atom is -0.402 e. The molecule has 2 aliphatic rings. The van der Waals surface area contributed by atoms with Crippen LogP contribution in [0.25, 0.3) is 0 Å². The zero-order valence-corrected chi connectivity index (χ0v) is 13.0. The van der Waals surface area contributed by atoms with Crippen LogP contribution in [0.2, 0.25) is 0 Å². The van der Waals surface area contributed by atoms with Crippen molar-refractivity contribution < 1.29 is 70.6 Å². The van der Waals surface area contributed by atoms with Crippen LogP contribution in [0.4, 0.5) is 35.1 Å². The van der Waals surface area contributed by atoms with Crippen molar-refractivity contribution in [2.24, 2.45) is 0 Å². The molecule has 160 valence electrons. The standard InChI is InChI=1S/2C6H4F4O2.BH3O3/c2*7-2-1-3(11)6(10,12)5(9)4(2)8;2-1(3)4/h2*1,3,11-12H;2-4H. The molecule has 0 aliphatic heterocycles. The van der Waals surface area contributed by atoms with E-state index in [0.29, 0.717) is 0 Å². The van der Waals surface area contributed by atoms with E-state index < -0.39 is 66.2 Å². The normalized spacial score (nSPS) is 32.5. The molecule has 16 heteroatoms. The fourth-order valence-corrected chi connectivity index (χ4v) is 1.42. The molecule has 4 atom stereocenters. The summed E-state index contributed by atoms with van der Waals surface area (Å²) in [6.07, 6.45) is -4.79. The summed E-state index contributed by atoms with van der Waals surface area (Å²) in [7, 11) is -2.17. The first-order chi connectivity index (χ1) is 12.5. The summed E-state index contributed by atoms with van der Waals surface area (Å²) in [5.74, 6) is -20.2. The minimum absolute atomic E-state index is 0.0401. The monoisotopic (exact) mass is 430 g/mol. The Bertz CT molecular complexity index is 645. The van der Waals surface area contributed by atoms with Gasteiger partial charge in [0.25, 0.3) is 11.7 Å². The van der Waals surface area contributed by atoms with Crippen LogP contribution < -0.4 is 0 Å². The quantitative estimate of drug-likeness (QED) is 0.212. The largest absolute Gasteiger partial charge is 0.631 e.